The van der Waals surface area contributed by atoms with E-state index in [1.165, 1.54) is 93.1 Å². The van der Waals surface area contributed by atoms with Gasteiger partial charge in [0.25, 0.3) is 0 Å². The molecule has 1 nitrogen and oxygen atoms in total. The summed E-state index contributed by atoms with van der Waals surface area (Å²) < 4.78 is 2.54. The molecule has 1 spiro atoms. The second kappa shape index (κ2) is 10.3. The Morgan fingerprint density at radius 1 is 0.431 bits per heavy atom. The van der Waals surface area contributed by atoms with Gasteiger partial charge >= 0.3 is 0 Å². The van der Waals surface area contributed by atoms with Gasteiger partial charge in [-0.15, -0.1) is 0 Å². The van der Waals surface area contributed by atoms with Crippen LogP contribution in [0, 0.1) is 0 Å². The number of rotatable bonds is 2. The van der Waals surface area contributed by atoms with Gasteiger partial charge in [0.05, 0.1) is 22.1 Å². The van der Waals surface area contributed by atoms with E-state index in [4.69, 9.17) is 0 Å². The molecule has 0 saturated heterocycles. The van der Waals surface area contributed by atoms with E-state index in [9.17, 15) is 0 Å². The van der Waals surface area contributed by atoms with Crippen molar-refractivity contribution >= 4 is 51.0 Å². The summed E-state index contributed by atoms with van der Waals surface area (Å²) in [5, 5.41) is 8.23. The number of nitrogens with zero attached hydrogens (tertiary/aromatic N) is 1. The van der Waals surface area contributed by atoms with E-state index in [0.29, 0.717) is 0 Å². The first-order chi connectivity index (χ1) is 25.1. The number of hydrogen-bond acceptors (Lipinski definition) is 0. The van der Waals surface area contributed by atoms with E-state index in [0.717, 1.165) is 0 Å². The third-order valence-corrected chi connectivity index (χ3v) is 15.6. The van der Waals surface area contributed by atoms with Crippen molar-refractivity contribution in [1.29, 1.82) is 0 Å². The highest BCUT2D eigenvalue weighted by Crippen LogP contribution is 2.55. The number of para-hydroxylation sites is 3. The molecule has 0 saturated carbocycles. The summed E-state index contributed by atoms with van der Waals surface area (Å²) in [6.07, 6.45) is 0. The third-order valence-electron chi connectivity index (χ3n) is 12.1. The van der Waals surface area contributed by atoms with Crippen molar-refractivity contribution in [3.8, 4) is 27.9 Å². The fourth-order valence-electron chi connectivity index (χ4n) is 9.83. The molecule has 1 aromatic heterocycles. The van der Waals surface area contributed by atoms with Crippen LogP contribution in [0.3, 0.4) is 0 Å². The summed E-state index contributed by atoms with van der Waals surface area (Å²) in [5.41, 5.74) is 14.0. The first-order valence-corrected chi connectivity index (χ1v) is 21.0. The highest BCUT2D eigenvalue weighted by molar-refractivity contribution is 7.01. The molecule has 9 aromatic rings. The van der Waals surface area contributed by atoms with Crippen molar-refractivity contribution in [1.82, 2.24) is 4.57 Å². The molecule has 0 bridgehead atoms. The Morgan fingerprint density at radius 2 is 1.04 bits per heavy atom. The van der Waals surface area contributed by atoms with Crippen LogP contribution >= 0.6 is 0 Å². The molecule has 2 heteroatoms. The number of fused-ring (bicyclic) bond motifs is 12. The summed E-state index contributed by atoms with van der Waals surface area (Å²) in [7, 11) is -2.08. The van der Waals surface area contributed by atoms with Gasteiger partial charge < -0.3 is 4.57 Å². The lowest BCUT2D eigenvalue weighted by atomic mass is 9.62. The van der Waals surface area contributed by atoms with Gasteiger partial charge in [-0.25, -0.2) is 0 Å². The van der Waals surface area contributed by atoms with Gasteiger partial charge in [-0.1, -0.05) is 171 Å². The van der Waals surface area contributed by atoms with Crippen molar-refractivity contribution in [3.63, 3.8) is 0 Å². The van der Waals surface area contributed by atoms with Crippen LogP contribution in [-0.2, 0) is 5.41 Å². The van der Waals surface area contributed by atoms with E-state index in [1.54, 1.807) is 0 Å². The predicted molar refractivity (Wildman–Crippen MR) is 218 cm³/mol. The molecule has 240 valence electrons. The Kier molecular flexibility index (Phi) is 5.82. The van der Waals surface area contributed by atoms with Crippen LogP contribution in [-0.4, -0.2) is 12.6 Å². The molecule has 8 aromatic carbocycles. The van der Waals surface area contributed by atoms with Gasteiger partial charge in [0.1, 0.15) is 8.07 Å². The molecular weight excluding hydrogens is 631 g/mol. The lowest BCUT2D eigenvalue weighted by molar-refractivity contribution is 0.732. The first-order valence-electron chi connectivity index (χ1n) is 18.0. The Labute approximate surface area is 299 Å². The summed E-state index contributed by atoms with van der Waals surface area (Å²) >= 11 is 0. The minimum atomic E-state index is -2.08. The molecule has 1 atom stereocenters. The summed E-state index contributed by atoms with van der Waals surface area (Å²) in [5.74, 6) is 0. The minimum absolute atomic E-state index is 0.464. The van der Waals surface area contributed by atoms with Crippen LogP contribution in [0.25, 0.3) is 60.5 Å². The number of hydrogen-bond donors (Lipinski definition) is 0. The molecule has 2 aliphatic rings. The van der Waals surface area contributed by atoms with E-state index in [2.05, 4.69) is 194 Å². The van der Waals surface area contributed by atoms with Gasteiger partial charge in [0.2, 0.25) is 0 Å². The first kappa shape index (κ1) is 28.8. The van der Waals surface area contributed by atoms with Gasteiger partial charge in [0.15, 0.2) is 0 Å². The molecule has 1 unspecified atom stereocenters. The normalized spacial score (nSPS) is 16.7. The van der Waals surface area contributed by atoms with E-state index >= 15 is 0 Å². The zero-order valence-electron chi connectivity index (χ0n) is 28.7. The molecule has 11 rings (SSSR count). The second-order valence-corrected chi connectivity index (χ2v) is 19.2. The number of benzene rings is 8. The van der Waals surface area contributed by atoms with E-state index < -0.39 is 13.5 Å². The minimum Gasteiger partial charge on any atom is -0.309 e. The lowest BCUT2D eigenvalue weighted by Crippen LogP contribution is -2.63. The van der Waals surface area contributed by atoms with Crippen molar-refractivity contribution in [2.24, 2.45) is 0 Å². The molecule has 3 heterocycles. The standard InChI is InChI=1S/C49H35NSi/c1-51(2)46-24-10-7-20-41(46)49(40-19-6-9-23-45(40)50-44-22-8-5-16-38(44)39-18-12-21-42(49)48(39)50)43-31-35(29-30-47(43)51)32-25-27-34(28-26-32)37-17-11-14-33-13-3-4-15-36(33)37/h3-31H,1-2H3. The van der Waals surface area contributed by atoms with Crippen molar-refractivity contribution in [2.45, 2.75) is 18.5 Å². The predicted octanol–water partition coefficient (Wildman–Crippen LogP) is 11.1. The molecule has 2 aliphatic heterocycles. The Balaban J connectivity index is 1.21. The van der Waals surface area contributed by atoms with Crippen molar-refractivity contribution < 1.29 is 0 Å². The zero-order valence-corrected chi connectivity index (χ0v) is 29.7. The van der Waals surface area contributed by atoms with E-state index in [-0.39, 0.29) is 0 Å². The summed E-state index contributed by atoms with van der Waals surface area (Å²) in [6, 6.07) is 66.5. The van der Waals surface area contributed by atoms with Crippen LogP contribution in [0.2, 0.25) is 13.1 Å². The largest absolute Gasteiger partial charge is 0.309 e. The van der Waals surface area contributed by atoms with Crippen molar-refractivity contribution in [2.75, 3.05) is 0 Å². The van der Waals surface area contributed by atoms with Crippen LogP contribution in [0.4, 0.5) is 0 Å². The van der Waals surface area contributed by atoms with Gasteiger partial charge in [-0.2, -0.15) is 0 Å². The Hall–Kier alpha value is -5.96. The van der Waals surface area contributed by atoms with Gasteiger partial charge in [-0.3, -0.25) is 0 Å². The summed E-state index contributed by atoms with van der Waals surface area (Å²) in [6.45, 7) is 5.09. The lowest BCUT2D eigenvalue weighted by Gasteiger charge is -2.49. The Bertz CT molecular complexity index is 2890. The average Bonchev–Trinajstić information content (AvgIpc) is 3.53. The second-order valence-electron chi connectivity index (χ2n) is 14.9. The highest BCUT2D eigenvalue weighted by atomic mass is 28.3. The monoisotopic (exact) mass is 665 g/mol. The maximum Gasteiger partial charge on any atom is 0.113 e. The number of aromatic nitrogens is 1. The zero-order chi connectivity index (χ0) is 33.9. The topological polar surface area (TPSA) is 4.93 Å². The SMILES string of the molecule is C[Si]1(C)c2ccccc2C2(c3ccccc3-n3c4ccccc4c4cccc2c43)c2cc(-c3ccc(-c4cccc5ccccc45)cc3)ccc21. The smallest absolute Gasteiger partial charge is 0.113 e. The third kappa shape index (κ3) is 3.70. The molecule has 0 amide bonds. The van der Waals surface area contributed by atoms with Gasteiger partial charge in [0, 0.05) is 10.8 Å². The van der Waals surface area contributed by atoms with Gasteiger partial charge in [-0.05, 0) is 83.9 Å². The van der Waals surface area contributed by atoms with E-state index in [1.807, 2.05) is 0 Å². The molecular formula is C49H35NSi. The maximum atomic E-state index is 2.56. The average molecular weight is 666 g/mol. The fraction of sp³-hybridized carbons (Fsp3) is 0.0612. The van der Waals surface area contributed by atoms with Crippen LogP contribution in [0.1, 0.15) is 22.3 Å². The molecule has 0 N–H and O–H groups in total. The molecule has 0 radical (unpaired) electrons. The molecule has 0 fully saturated rings. The maximum absolute atomic E-state index is 2.56. The van der Waals surface area contributed by atoms with Crippen LogP contribution < -0.4 is 10.4 Å². The van der Waals surface area contributed by atoms with Crippen LogP contribution in [0.15, 0.2) is 176 Å². The quantitative estimate of drug-likeness (QED) is 0.162. The highest BCUT2D eigenvalue weighted by Gasteiger charge is 2.53. The van der Waals surface area contributed by atoms with Crippen molar-refractivity contribution in [3.05, 3.63) is 198 Å². The summed E-state index contributed by atoms with van der Waals surface area (Å²) in [4.78, 5) is 0. The molecule has 51 heavy (non-hydrogen) atoms. The fourth-order valence-corrected chi connectivity index (χ4v) is 13.0. The Morgan fingerprint density at radius 3 is 1.92 bits per heavy atom. The van der Waals surface area contributed by atoms with Crippen LogP contribution in [0.5, 0.6) is 0 Å². The molecule has 0 aliphatic carbocycles.